The third kappa shape index (κ3) is 6.70. The monoisotopic (exact) mass is 494 g/mol. The number of halogens is 1. The van der Waals surface area contributed by atoms with Crippen LogP contribution in [0, 0.1) is 19.7 Å². The van der Waals surface area contributed by atoms with Crippen molar-refractivity contribution in [3.8, 4) is 11.1 Å². The Morgan fingerprint density at radius 2 is 1.35 bits per heavy atom. The predicted octanol–water partition coefficient (Wildman–Crippen LogP) is 6.29. The van der Waals surface area contributed by atoms with Gasteiger partial charge in [-0.05, 0) is 65.8 Å². The minimum atomic E-state index is -0.336. The molecule has 0 heterocycles. The Balaban J connectivity index is 1.45. The molecule has 4 nitrogen and oxygen atoms in total. The highest BCUT2D eigenvalue weighted by atomic mass is 19.1. The Bertz CT molecular complexity index is 1410. The minimum absolute atomic E-state index is 0.0239. The summed E-state index contributed by atoms with van der Waals surface area (Å²) < 4.78 is 14.2. The van der Waals surface area contributed by atoms with Crippen molar-refractivity contribution in [2.45, 2.75) is 39.8 Å². The van der Waals surface area contributed by atoms with Crippen molar-refractivity contribution < 1.29 is 14.0 Å². The van der Waals surface area contributed by atoms with Gasteiger partial charge in [0.1, 0.15) is 5.82 Å². The molecule has 0 aliphatic heterocycles. The first-order valence-electron chi connectivity index (χ1n) is 12.4. The van der Waals surface area contributed by atoms with Gasteiger partial charge < -0.3 is 10.6 Å². The summed E-state index contributed by atoms with van der Waals surface area (Å²) in [5, 5.41) is 5.87. The van der Waals surface area contributed by atoms with Crippen molar-refractivity contribution in [1.29, 1.82) is 0 Å². The van der Waals surface area contributed by atoms with Crippen LogP contribution in [0.15, 0.2) is 91.0 Å². The van der Waals surface area contributed by atoms with E-state index in [1.54, 1.807) is 18.2 Å². The van der Waals surface area contributed by atoms with E-state index in [1.807, 2.05) is 80.6 Å². The molecule has 0 spiro atoms. The van der Waals surface area contributed by atoms with Crippen molar-refractivity contribution in [3.63, 3.8) is 0 Å². The Hall–Kier alpha value is -4.25. The highest BCUT2D eigenvalue weighted by Gasteiger charge is 2.16. The van der Waals surface area contributed by atoms with E-state index in [0.717, 1.165) is 22.3 Å². The molecule has 4 rings (SSSR count). The van der Waals surface area contributed by atoms with Crippen LogP contribution in [0.1, 0.15) is 44.6 Å². The van der Waals surface area contributed by atoms with E-state index >= 15 is 0 Å². The zero-order chi connectivity index (χ0) is 26.2. The fraction of sp³-hybridized carbons (Fsp3) is 0.188. The van der Waals surface area contributed by atoms with Crippen LogP contribution >= 0.6 is 0 Å². The van der Waals surface area contributed by atoms with Gasteiger partial charge in [-0.3, -0.25) is 9.59 Å². The largest absolute Gasteiger partial charge is 0.352 e. The first kappa shape index (κ1) is 25.8. The summed E-state index contributed by atoms with van der Waals surface area (Å²) in [7, 11) is 0. The molecule has 2 amide bonds. The van der Waals surface area contributed by atoms with E-state index in [9.17, 15) is 14.0 Å². The van der Waals surface area contributed by atoms with Gasteiger partial charge in [-0.25, -0.2) is 4.39 Å². The number of rotatable bonds is 9. The number of aryl methyl sites for hydroxylation is 3. The van der Waals surface area contributed by atoms with Gasteiger partial charge in [0.05, 0.1) is 0 Å². The summed E-state index contributed by atoms with van der Waals surface area (Å²) in [5.41, 5.74) is 6.65. The lowest BCUT2D eigenvalue weighted by molar-refractivity contribution is -0.121. The van der Waals surface area contributed by atoms with Crippen LogP contribution in [0.2, 0.25) is 0 Å². The van der Waals surface area contributed by atoms with Gasteiger partial charge in [-0.2, -0.15) is 0 Å². The molecule has 0 bridgehead atoms. The number of benzene rings is 4. The normalized spacial score (nSPS) is 10.7. The van der Waals surface area contributed by atoms with Crippen molar-refractivity contribution >= 4 is 11.8 Å². The SMILES string of the molecule is Cc1ccc(CNC(=O)c2ccccc2-c2ccccc2CNC(=O)CCc2ccccc2C)c(F)c1. The van der Waals surface area contributed by atoms with Crippen LogP contribution in [-0.2, 0) is 24.3 Å². The number of carbonyl (C=O) groups excluding carboxylic acids is 2. The average molecular weight is 495 g/mol. The van der Waals surface area contributed by atoms with Crippen LogP contribution in [0.5, 0.6) is 0 Å². The van der Waals surface area contributed by atoms with Gasteiger partial charge in [0.2, 0.25) is 5.91 Å². The Morgan fingerprint density at radius 1 is 0.703 bits per heavy atom. The summed E-state index contributed by atoms with van der Waals surface area (Å²) in [5.74, 6) is -0.644. The summed E-state index contributed by atoms with van der Waals surface area (Å²) in [6, 6.07) is 28.1. The van der Waals surface area contributed by atoms with Crippen molar-refractivity contribution in [2.24, 2.45) is 0 Å². The molecule has 2 N–H and O–H groups in total. The highest BCUT2D eigenvalue weighted by molar-refractivity contribution is 6.01. The number of amides is 2. The van der Waals surface area contributed by atoms with Gasteiger partial charge >= 0.3 is 0 Å². The maximum Gasteiger partial charge on any atom is 0.252 e. The van der Waals surface area contributed by atoms with Gasteiger partial charge in [-0.15, -0.1) is 0 Å². The van der Waals surface area contributed by atoms with Crippen molar-refractivity contribution in [2.75, 3.05) is 0 Å². The molecule has 5 heteroatoms. The summed E-state index contributed by atoms with van der Waals surface area (Å²) in [6.07, 6.45) is 1.09. The van der Waals surface area contributed by atoms with Crippen LogP contribution < -0.4 is 10.6 Å². The lowest BCUT2D eigenvalue weighted by Gasteiger charge is -2.15. The summed E-state index contributed by atoms with van der Waals surface area (Å²) in [4.78, 5) is 25.7. The number of carbonyl (C=O) groups is 2. The molecule has 4 aromatic rings. The fourth-order valence-corrected chi connectivity index (χ4v) is 4.34. The van der Waals surface area contributed by atoms with Gasteiger partial charge in [0.15, 0.2) is 0 Å². The zero-order valence-electron chi connectivity index (χ0n) is 21.2. The van der Waals surface area contributed by atoms with E-state index in [1.165, 1.54) is 17.2 Å². The van der Waals surface area contributed by atoms with Gasteiger partial charge in [0.25, 0.3) is 5.91 Å². The second-order valence-electron chi connectivity index (χ2n) is 9.18. The molecule has 0 aliphatic carbocycles. The van der Waals surface area contributed by atoms with Crippen LogP contribution in [0.25, 0.3) is 11.1 Å². The fourth-order valence-electron chi connectivity index (χ4n) is 4.34. The molecule has 0 saturated heterocycles. The topological polar surface area (TPSA) is 58.2 Å². The zero-order valence-corrected chi connectivity index (χ0v) is 21.2. The molecular formula is C32H31FN2O2. The molecule has 4 aromatic carbocycles. The lowest BCUT2D eigenvalue weighted by Crippen LogP contribution is -2.25. The average Bonchev–Trinajstić information content (AvgIpc) is 2.91. The summed E-state index contributed by atoms with van der Waals surface area (Å²) >= 11 is 0. The predicted molar refractivity (Wildman–Crippen MR) is 146 cm³/mol. The maximum atomic E-state index is 14.2. The number of hydrogen-bond donors (Lipinski definition) is 2. The molecule has 0 fully saturated rings. The van der Waals surface area contributed by atoms with Crippen molar-refractivity contribution in [3.05, 3.63) is 130 Å². The summed E-state index contributed by atoms with van der Waals surface area (Å²) in [6.45, 7) is 4.32. The molecule has 0 aromatic heterocycles. The smallest absolute Gasteiger partial charge is 0.252 e. The van der Waals surface area contributed by atoms with E-state index in [0.29, 0.717) is 30.5 Å². The quantitative estimate of drug-likeness (QED) is 0.287. The molecule has 0 unspecified atom stereocenters. The Labute approximate surface area is 217 Å². The van der Waals surface area contributed by atoms with Crippen LogP contribution in [0.3, 0.4) is 0 Å². The molecule has 0 radical (unpaired) electrons. The molecule has 37 heavy (non-hydrogen) atoms. The first-order chi connectivity index (χ1) is 17.9. The number of hydrogen-bond acceptors (Lipinski definition) is 2. The van der Waals surface area contributed by atoms with E-state index in [4.69, 9.17) is 0 Å². The van der Waals surface area contributed by atoms with Gasteiger partial charge in [0, 0.05) is 30.6 Å². The molecule has 188 valence electrons. The maximum absolute atomic E-state index is 14.2. The highest BCUT2D eigenvalue weighted by Crippen LogP contribution is 2.27. The third-order valence-corrected chi connectivity index (χ3v) is 6.49. The lowest BCUT2D eigenvalue weighted by atomic mass is 9.94. The standard InChI is InChI=1S/C32H31FN2O2/c1-22-15-16-26(30(33)19-22)21-35-32(37)29-14-8-7-13-28(29)27-12-6-5-11-25(27)20-34-31(36)18-17-24-10-4-3-9-23(24)2/h3-16,19H,17-18,20-21H2,1-2H3,(H,34,36)(H,35,37). The second kappa shape index (κ2) is 12.1. The van der Waals surface area contributed by atoms with Crippen LogP contribution in [0.4, 0.5) is 4.39 Å². The first-order valence-corrected chi connectivity index (χ1v) is 12.4. The Kier molecular flexibility index (Phi) is 8.47. The van der Waals surface area contributed by atoms with E-state index < -0.39 is 0 Å². The molecule has 0 aliphatic rings. The van der Waals surface area contributed by atoms with E-state index in [2.05, 4.69) is 10.6 Å². The van der Waals surface area contributed by atoms with Gasteiger partial charge in [-0.1, -0.05) is 78.9 Å². The molecule has 0 atom stereocenters. The van der Waals surface area contributed by atoms with Crippen LogP contribution in [-0.4, -0.2) is 11.8 Å². The molecule has 0 saturated carbocycles. The third-order valence-electron chi connectivity index (χ3n) is 6.49. The molecular weight excluding hydrogens is 463 g/mol. The Morgan fingerprint density at radius 3 is 2.11 bits per heavy atom. The second-order valence-corrected chi connectivity index (χ2v) is 9.18. The van der Waals surface area contributed by atoms with E-state index in [-0.39, 0.29) is 24.2 Å². The van der Waals surface area contributed by atoms with Crippen molar-refractivity contribution in [1.82, 2.24) is 10.6 Å². The number of nitrogens with one attached hydrogen (secondary N) is 2. The minimum Gasteiger partial charge on any atom is -0.352 e.